The van der Waals surface area contributed by atoms with Gasteiger partial charge in [-0.15, -0.1) is 0 Å². The molecule has 0 saturated heterocycles. The first-order valence-electron chi connectivity index (χ1n) is 16.4. The third-order valence-corrected chi connectivity index (χ3v) is 8.63. The minimum absolute atomic E-state index is 1.10. The number of hydrogen-bond donors (Lipinski definition) is 0. The van der Waals surface area contributed by atoms with Gasteiger partial charge in [0.1, 0.15) is 0 Å². The van der Waals surface area contributed by atoms with Crippen molar-refractivity contribution >= 4 is 0 Å². The van der Waals surface area contributed by atoms with Crippen molar-refractivity contribution in [3.8, 4) is 11.1 Å². The molecule has 37 heavy (non-hydrogen) atoms. The molecule has 0 heteroatoms. The largest absolute Gasteiger partial charge is 0.0654 e. The highest BCUT2D eigenvalue weighted by Crippen LogP contribution is 2.45. The summed E-state index contributed by atoms with van der Waals surface area (Å²) < 4.78 is 0. The number of fused-ring (bicyclic) bond motifs is 3. The lowest BCUT2D eigenvalue weighted by Crippen LogP contribution is -2.07. The molecule has 3 rings (SSSR count). The van der Waals surface area contributed by atoms with E-state index >= 15 is 0 Å². The molecule has 0 heterocycles. The Balaban J connectivity index is 2.01. The lowest BCUT2D eigenvalue weighted by molar-refractivity contribution is 0.639. The van der Waals surface area contributed by atoms with Crippen LogP contribution in [-0.4, -0.2) is 0 Å². The number of unbranched alkanes of at least 4 members (excludes halogenated alkanes) is 12. The van der Waals surface area contributed by atoms with E-state index in [0.29, 0.717) is 0 Å². The Morgan fingerprint density at radius 2 is 1.08 bits per heavy atom. The first kappa shape index (κ1) is 30.0. The zero-order chi connectivity index (χ0) is 26.3. The third-order valence-electron chi connectivity index (χ3n) is 8.63. The van der Waals surface area contributed by atoms with Crippen LogP contribution in [0.15, 0.2) is 18.2 Å². The lowest BCUT2D eigenvalue weighted by atomic mass is 9.83. The number of rotatable bonds is 20. The second-order valence-electron chi connectivity index (χ2n) is 11.8. The van der Waals surface area contributed by atoms with Crippen molar-refractivity contribution in [2.75, 3.05) is 0 Å². The maximum atomic E-state index is 4.10. The van der Waals surface area contributed by atoms with Gasteiger partial charge in [-0.1, -0.05) is 123 Å². The number of benzene rings is 2. The van der Waals surface area contributed by atoms with Crippen LogP contribution >= 0.6 is 0 Å². The Hall–Kier alpha value is -1.56. The Labute approximate surface area is 231 Å². The molecule has 1 aliphatic carbocycles. The highest BCUT2D eigenvalue weighted by molar-refractivity contribution is 5.83. The van der Waals surface area contributed by atoms with E-state index < -0.39 is 0 Å². The van der Waals surface area contributed by atoms with E-state index in [0.717, 1.165) is 6.42 Å². The zero-order valence-corrected chi connectivity index (χ0v) is 25.1. The molecule has 0 unspecified atom stereocenters. The molecular weight excluding hydrogens is 444 g/mol. The first-order chi connectivity index (χ1) is 18.2. The van der Waals surface area contributed by atoms with Gasteiger partial charge in [0, 0.05) is 0 Å². The average molecular weight is 502 g/mol. The molecule has 0 aromatic heterocycles. The molecule has 2 aromatic rings. The molecule has 0 spiro atoms. The quantitative estimate of drug-likeness (QED) is 0.135. The van der Waals surface area contributed by atoms with Gasteiger partial charge in [-0.2, -0.15) is 0 Å². The minimum Gasteiger partial charge on any atom is -0.0654 e. The summed E-state index contributed by atoms with van der Waals surface area (Å²) in [6, 6.07) is 11.3. The summed E-state index contributed by atoms with van der Waals surface area (Å²) >= 11 is 0. The highest BCUT2D eigenvalue weighted by Gasteiger charge is 2.27. The molecule has 0 nitrogen and oxygen atoms in total. The molecule has 0 atom stereocenters. The van der Waals surface area contributed by atoms with Crippen LogP contribution < -0.4 is 0 Å². The van der Waals surface area contributed by atoms with Crippen molar-refractivity contribution in [2.24, 2.45) is 0 Å². The Morgan fingerprint density at radius 1 is 0.541 bits per heavy atom. The molecule has 205 valence electrons. The fourth-order valence-electron chi connectivity index (χ4n) is 6.51. The zero-order valence-electron chi connectivity index (χ0n) is 25.1. The SMILES string of the molecule is CCCCCCc1[c]c2c(c(CCCCCC)c1CCCCCC)-c1c(CCCCCC)cccc1C2. The van der Waals surface area contributed by atoms with E-state index in [1.54, 1.807) is 38.9 Å². The van der Waals surface area contributed by atoms with Crippen molar-refractivity contribution in [3.05, 3.63) is 57.6 Å². The van der Waals surface area contributed by atoms with Gasteiger partial charge in [0.2, 0.25) is 0 Å². The average Bonchev–Trinajstić information content (AvgIpc) is 3.29. The van der Waals surface area contributed by atoms with Gasteiger partial charge in [0.25, 0.3) is 0 Å². The van der Waals surface area contributed by atoms with E-state index in [1.807, 2.05) is 0 Å². The predicted octanol–water partition coefficient (Wildman–Crippen LogP) is 11.5. The molecule has 0 saturated carbocycles. The van der Waals surface area contributed by atoms with Crippen LogP contribution in [0.25, 0.3) is 11.1 Å². The first-order valence-corrected chi connectivity index (χ1v) is 16.4. The summed E-state index contributed by atoms with van der Waals surface area (Å²) in [4.78, 5) is 0. The van der Waals surface area contributed by atoms with Crippen molar-refractivity contribution in [1.82, 2.24) is 0 Å². The maximum Gasteiger partial charge on any atom is -0.000697 e. The van der Waals surface area contributed by atoms with Gasteiger partial charge >= 0.3 is 0 Å². The summed E-state index contributed by atoms with van der Waals surface area (Å²) in [5.41, 5.74) is 13.0. The minimum atomic E-state index is 1.10. The maximum absolute atomic E-state index is 4.10. The summed E-state index contributed by atoms with van der Waals surface area (Å²) in [5, 5.41) is 0. The van der Waals surface area contributed by atoms with Crippen LogP contribution in [0.2, 0.25) is 0 Å². The van der Waals surface area contributed by atoms with Crippen molar-refractivity contribution in [1.29, 1.82) is 0 Å². The Kier molecular flexibility index (Phi) is 13.9. The molecule has 1 aliphatic rings. The van der Waals surface area contributed by atoms with Crippen LogP contribution in [0, 0.1) is 6.07 Å². The smallest absolute Gasteiger partial charge is 0.000697 e. The normalized spacial score (nSPS) is 12.2. The fraction of sp³-hybridized carbons (Fsp3) is 0.676. The molecular formula is C37H57. The van der Waals surface area contributed by atoms with Gasteiger partial charge in [0.05, 0.1) is 0 Å². The van der Waals surface area contributed by atoms with Gasteiger partial charge in [-0.25, -0.2) is 0 Å². The predicted molar refractivity (Wildman–Crippen MR) is 165 cm³/mol. The van der Waals surface area contributed by atoms with E-state index in [-0.39, 0.29) is 0 Å². The van der Waals surface area contributed by atoms with E-state index in [4.69, 9.17) is 0 Å². The van der Waals surface area contributed by atoms with Crippen molar-refractivity contribution in [3.63, 3.8) is 0 Å². The van der Waals surface area contributed by atoms with E-state index in [1.165, 1.54) is 134 Å². The summed E-state index contributed by atoms with van der Waals surface area (Å²) in [6.07, 6.45) is 27.7. The monoisotopic (exact) mass is 501 g/mol. The standard InChI is InChI=1S/C37H57/c1-5-9-13-17-22-30-24-21-25-32-29-33-28-31(23-18-14-10-6-2)34(26-19-15-11-7-3)35(37(33)36(30)32)27-20-16-12-8-4/h21,24-25H,5-20,22-23,26-27,29H2,1-4H3. The van der Waals surface area contributed by atoms with Gasteiger partial charge in [-0.3, -0.25) is 0 Å². The molecule has 0 aliphatic heterocycles. The van der Waals surface area contributed by atoms with Crippen LogP contribution in [-0.2, 0) is 32.1 Å². The summed E-state index contributed by atoms with van der Waals surface area (Å²) in [6.45, 7) is 9.31. The second-order valence-corrected chi connectivity index (χ2v) is 11.8. The van der Waals surface area contributed by atoms with Crippen LogP contribution in [0.3, 0.4) is 0 Å². The summed E-state index contributed by atoms with van der Waals surface area (Å²) in [5.74, 6) is 0. The van der Waals surface area contributed by atoms with Gasteiger partial charge in [-0.05, 0) is 108 Å². The number of hydrogen-bond acceptors (Lipinski definition) is 0. The third kappa shape index (κ3) is 8.73. The highest BCUT2D eigenvalue weighted by atomic mass is 14.3. The summed E-state index contributed by atoms with van der Waals surface area (Å²) in [7, 11) is 0. The lowest BCUT2D eigenvalue weighted by Gasteiger charge is -2.21. The fourth-order valence-corrected chi connectivity index (χ4v) is 6.51. The molecule has 0 bridgehead atoms. The topological polar surface area (TPSA) is 0 Å². The molecule has 0 fully saturated rings. The van der Waals surface area contributed by atoms with Crippen molar-refractivity contribution < 1.29 is 0 Å². The Bertz CT molecular complexity index is 918. The van der Waals surface area contributed by atoms with E-state index in [9.17, 15) is 0 Å². The van der Waals surface area contributed by atoms with E-state index in [2.05, 4.69) is 52.0 Å². The van der Waals surface area contributed by atoms with Crippen LogP contribution in [0.1, 0.15) is 164 Å². The molecule has 2 aromatic carbocycles. The second kappa shape index (κ2) is 17.1. The Morgan fingerprint density at radius 3 is 1.68 bits per heavy atom. The van der Waals surface area contributed by atoms with Crippen LogP contribution in [0.5, 0.6) is 0 Å². The molecule has 0 N–H and O–H groups in total. The number of aryl methyl sites for hydroxylation is 2. The molecule has 0 amide bonds. The van der Waals surface area contributed by atoms with Gasteiger partial charge in [0.15, 0.2) is 0 Å². The van der Waals surface area contributed by atoms with Gasteiger partial charge < -0.3 is 0 Å². The molecule has 1 radical (unpaired) electrons. The van der Waals surface area contributed by atoms with Crippen LogP contribution in [0.4, 0.5) is 0 Å². The van der Waals surface area contributed by atoms with Crippen molar-refractivity contribution in [2.45, 2.75) is 163 Å².